The highest BCUT2D eigenvalue weighted by molar-refractivity contribution is 9.09. The second-order valence-electron chi connectivity index (χ2n) is 6.27. The summed E-state index contributed by atoms with van der Waals surface area (Å²) in [5, 5.41) is 1.17. The molecule has 0 aromatic rings. The van der Waals surface area contributed by atoms with Crippen LogP contribution in [0.3, 0.4) is 0 Å². The molecule has 0 aromatic carbocycles. The van der Waals surface area contributed by atoms with E-state index in [1.807, 2.05) is 0 Å². The van der Waals surface area contributed by atoms with Crippen molar-refractivity contribution in [3.8, 4) is 0 Å². The first-order valence-corrected chi connectivity index (χ1v) is 8.70. The smallest absolute Gasteiger partial charge is 0.00338 e. The van der Waals surface area contributed by atoms with Crippen LogP contribution >= 0.6 is 15.9 Å². The highest BCUT2D eigenvalue weighted by Gasteiger charge is 2.30. The Labute approximate surface area is 115 Å². The van der Waals surface area contributed by atoms with Gasteiger partial charge in [-0.15, -0.1) is 0 Å². The van der Waals surface area contributed by atoms with E-state index in [4.69, 9.17) is 0 Å². The van der Waals surface area contributed by atoms with Crippen LogP contribution in [0, 0.1) is 17.8 Å². The van der Waals surface area contributed by atoms with E-state index >= 15 is 0 Å². The standard InChI is InChI=1S/C15H28BrN/c1-13(6-9-16)7-10-17-11-8-14-4-2-3-5-15(14)12-17/h13-15H,2-12H2,1H3. The third-order valence-corrected chi connectivity index (χ3v) is 5.37. The van der Waals surface area contributed by atoms with Crippen LogP contribution in [0.25, 0.3) is 0 Å². The highest BCUT2D eigenvalue weighted by atomic mass is 79.9. The molecule has 2 rings (SSSR count). The van der Waals surface area contributed by atoms with Gasteiger partial charge in [0.25, 0.3) is 0 Å². The lowest BCUT2D eigenvalue weighted by molar-refractivity contribution is 0.0832. The van der Waals surface area contributed by atoms with Crippen LogP contribution in [0.1, 0.15) is 51.9 Å². The van der Waals surface area contributed by atoms with Gasteiger partial charge in [-0.05, 0) is 56.5 Å². The zero-order valence-electron chi connectivity index (χ0n) is 11.3. The van der Waals surface area contributed by atoms with Crippen LogP contribution in [-0.2, 0) is 0 Å². The SMILES string of the molecule is CC(CCBr)CCN1CCC2CCCCC2C1. The van der Waals surface area contributed by atoms with Crippen molar-refractivity contribution >= 4 is 15.9 Å². The monoisotopic (exact) mass is 301 g/mol. The van der Waals surface area contributed by atoms with E-state index in [1.165, 1.54) is 69.9 Å². The van der Waals surface area contributed by atoms with Gasteiger partial charge in [0, 0.05) is 11.9 Å². The van der Waals surface area contributed by atoms with E-state index in [0.717, 1.165) is 17.8 Å². The van der Waals surface area contributed by atoms with Gasteiger partial charge >= 0.3 is 0 Å². The van der Waals surface area contributed by atoms with Gasteiger partial charge in [-0.3, -0.25) is 0 Å². The number of hydrogen-bond acceptors (Lipinski definition) is 1. The summed E-state index contributed by atoms with van der Waals surface area (Å²) < 4.78 is 0. The lowest BCUT2D eigenvalue weighted by Crippen LogP contribution is -2.42. The summed E-state index contributed by atoms with van der Waals surface area (Å²) in [5.74, 6) is 3.02. The van der Waals surface area contributed by atoms with Gasteiger partial charge in [0.2, 0.25) is 0 Å². The summed E-state index contributed by atoms with van der Waals surface area (Å²) in [4.78, 5) is 2.75. The number of hydrogen-bond donors (Lipinski definition) is 0. The van der Waals surface area contributed by atoms with Gasteiger partial charge in [-0.1, -0.05) is 42.1 Å². The normalized spacial score (nSPS) is 32.1. The maximum atomic E-state index is 3.55. The number of rotatable bonds is 5. The molecule has 0 spiro atoms. The molecule has 1 nitrogen and oxygen atoms in total. The minimum Gasteiger partial charge on any atom is -0.303 e. The minimum absolute atomic E-state index is 0.887. The molecule has 1 aliphatic carbocycles. The van der Waals surface area contributed by atoms with Crippen molar-refractivity contribution < 1.29 is 0 Å². The van der Waals surface area contributed by atoms with E-state index in [1.54, 1.807) is 0 Å². The molecular weight excluding hydrogens is 274 g/mol. The molecule has 100 valence electrons. The maximum Gasteiger partial charge on any atom is 0.00338 e. The first kappa shape index (κ1) is 13.9. The van der Waals surface area contributed by atoms with Gasteiger partial charge < -0.3 is 4.90 Å². The number of nitrogens with zero attached hydrogens (tertiary/aromatic N) is 1. The van der Waals surface area contributed by atoms with Crippen LogP contribution < -0.4 is 0 Å². The molecule has 0 N–H and O–H groups in total. The number of likely N-dealkylation sites (tertiary alicyclic amines) is 1. The van der Waals surface area contributed by atoms with Crippen molar-refractivity contribution in [1.82, 2.24) is 4.90 Å². The predicted octanol–water partition coefficient (Wildman–Crippen LogP) is 4.31. The first-order chi connectivity index (χ1) is 8.29. The second kappa shape index (κ2) is 7.13. The molecule has 1 aliphatic heterocycles. The molecule has 0 bridgehead atoms. The molecule has 0 aromatic heterocycles. The highest BCUT2D eigenvalue weighted by Crippen LogP contribution is 2.36. The molecule has 3 atom stereocenters. The molecule has 17 heavy (non-hydrogen) atoms. The number of halogens is 1. The average Bonchev–Trinajstić information content (AvgIpc) is 2.36. The zero-order chi connectivity index (χ0) is 12.1. The maximum absolute atomic E-state index is 3.55. The van der Waals surface area contributed by atoms with Crippen molar-refractivity contribution in [3.05, 3.63) is 0 Å². The van der Waals surface area contributed by atoms with Crippen LogP contribution in [0.15, 0.2) is 0 Å². The molecular formula is C15H28BrN. The second-order valence-corrected chi connectivity index (χ2v) is 7.06. The molecule has 2 aliphatic rings. The Balaban J connectivity index is 1.68. The fourth-order valence-electron chi connectivity index (χ4n) is 3.61. The van der Waals surface area contributed by atoms with Crippen LogP contribution in [0.4, 0.5) is 0 Å². The molecule has 0 radical (unpaired) electrons. The van der Waals surface area contributed by atoms with Gasteiger partial charge in [0.05, 0.1) is 0 Å². The van der Waals surface area contributed by atoms with Crippen LogP contribution in [0.2, 0.25) is 0 Å². The molecule has 1 heterocycles. The summed E-state index contributed by atoms with van der Waals surface area (Å²) in [6.45, 7) is 6.53. The Morgan fingerprint density at radius 2 is 1.88 bits per heavy atom. The van der Waals surface area contributed by atoms with Gasteiger partial charge in [-0.25, -0.2) is 0 Å². The molecule has 1 saturated heterocycles. The Morgan fingerprint density at radius 1 is 1.12 bits per heavy atom. The van der Waals surface area contributed by atoms with Crippen molar-refractivity contribution in [2.45, 2.75) is 51.9 Å². The van der Waals surface area contributed by atoms with Crippen molar-refractivity contribution in [2.75, 3.05) is 25.0 Å². The predicted molar refractivity (Wildman–Crippen MR) is 78.7 cm³/mol. The minimum atomic E-state index is 0.887. The lowest BCUT2D eigenvalue weighted by Gasteiger charge is -2.41. The number of alkyl halides is 1. The quantitative estimate of drug-likeness (QED) is 0.684. The Morgan fingerprint density at radius 3 is 2.65 bits per heavy atom. The van der Waals surface area contributed by atoms with Crippen molar-refractivity contribution in [2.24, 2.45) is 17.8 Å². The summed E-state index contributed by atoms with van der Waals surface area (Å²) in [6.07, 6.45) is 10.2. The van der Waals surface area contributed by atoms with Gasteiger partial charge in [0.15, 0.2) is 0 Å². The average molecular weight is 302 g/mol. The number of piperidine rings is 1. The van der Waals surface area contributed by atoms with Crippen LogP contribution in [0.5, 0.6) is 0 Å². The lowest BCUT2D eigenvalue weighted by atomic mass is 9.75. The topological polar surface area (TPSA) is 3.24 Å². The number of fused-ring (bicyclic) bond motifs is 1. The van der Waals surface area contributed by atoms with Crippen molar-refractivity contribution in [3.63, 3.8) is 0 Å². The van der Waals surface area contributed by atoms with Crippen molar-refractivity contribution in [1.29, 1.82) is 0 Å². The summed E-state index contributed by atoms with van der Waals surface area (Å²) in [5.41, 5.74) is 0. The first-order valence-electron chi connectivity index (χ1n) is 7.58. The Kier molecular flexibility index (Phi) is 5.82. The summed E-state index contributed by atoms with van der Waals surface area (Å²) in [6, 6.07) is 0. The molecule has 0 amide bonds. The van der Waals surface area contributed by atoms with E-state index in [2.05, 4.69) is 27.8 Å². The van der Waals surface area contributed by atoms with Gasteiger partial charge in [0.1, 0.15) is 0 Å². The molecule has 1 saturated carbocycles. The molecule has 2 fully saturated rings. The van der Waals surface area contributed by atoms with E-state index in [-0.39, 0.29) is 0 Å². The van der Waals surface area contributed by atoms with Gasteiger partial charge in [-0.2, -0.15) is 0 Å². The Hall–Kier alpha value is 0.440. The summed E-state index contributed by atoms with van der Waals surface area (Å²) in [7, 11) is 0. The third kappa shape index (κ3) is 4.24. The fourth-order valence-corrected chi connectivity index (χ4v) is 4.39. The van der Waals surface area contributed by atoms with E-state index in [0.29, 0.717) is 0 Å². The van der Waals surface area contributed by atoms with E-state index < -0.39 is 0 Å². The zero-order valence-corrected chi connectivity index (χ0v) is 12.9. The van der Waals surface area contributed by atoms with Crippen LogP contribution in [-0.4, -0.2) is 29.9 Å². The largest absolute Gasteiger partial charge is 0.303 e. The molecule has 2 heteroatoms. The van der Waals surface area contributed by atoms with E-state index in [9.17, 15) is 0 Å². The third-order valence-electron chi connectivity index (χ3n) is 4.92. The summed E-state index contributed by atoms with van der Waals surface area (Å²) >= 11 is 3.55. The molecule has 3 unspecified atom stereocenters. The fraction of sp³-hybridized carbons (Fsp3) is 1.00. The Bertz CT molecular complexity index is 219.